The van der Waals surface area contributed by atoms with Crippen LogP contribution in [0.25, 0.3) is 0 Å². The van der Waals surface area contributed by atoms with Crippen LogP contribution in [0, 0.1) is 5.82 Å². The number of amides is 1. The smallest absolute Gasteiger partial charge is 0.261 e. The van der Waals surface area contributed by atoms with Gasteiger partial charge in [-0.3, -0.25) is 9.52 Å². The summed E-state index contributed by atoms with van der Waals surface area (Å²) in [6.07, 6.45) is 0. The highest BCUT2D eigenvalue weighted by Crippen LogP contribution is 2.20. The second-order valence-electron chi connectivity index (χ2n) is 7.04. The molecule has 0 radical (unpaired) electrons. The zero-order valence-electron chi connectivity index (χ0n) is 17.9. The Morgan fingerprint density at radius 3 is 2.28 bits per heavy atom. The summed E-state index contributed by atoms with van der Waals surface area (Å²) in [5.74, 6) is 0.0147. The van der Waals surface area contributed by atoms with Crippen LogP contribution < -0.4 is 9.46 Å². The number of benzene rings is 3. The summed E-state index contributed by atoms with van der Waals surface area (Å²) in [5, 5.41) is 0. The lowest BCUT2D eigenvalue weighted by Gasteiger charge is -2.21. The van der Waals surface area contributed by atoms with Gasteiger partial charge in [-0.05, 0) is 80.1 Å². The first-order chi connectivity index (χ1) is 15.3. The first-order valence-electron chi connectivity index (χ1n) is 10.2. The van der Waals surface area contributed by atoms with E-state index in [4.69, 9.17) is 4.74 Å². The molecule has 0 aliphatic carbocycles. The summed E-state index contributed by atoms with van der Waals surface area (Å²) in [6, 6.07) is 18.4. The van der Waals surface area contributed by atoms with Crippen LogP contribution in [0.3, 0.4) is 0 Å². The van der Waals surface area contributed by atoms with E-state index in [-0.39, 0.29) is 23.2 Å². The van der Waals surface area contributed by atoms with Crippen LogP contribution in [-0.4, -0.2) is 32.4 Å². The van der Waals surface area contributed by atoms with Gasteiger partial charge in [-0.25, -0.2) is 12.8 Å². The molecule has 0 spiro atoms. The van der Waals surface area contributed by atoms with Gasteiger partial charge in [-0.15, -0.1) is 0 Å². The molecule has 0 aliphatic rings. The average Bonchev–Trinajstić information content (AvgIpc) is 2.78. The summed E-state index contributed by atoms with van der Waals surface area (Å²) in [7, 11) is -3.78. The largest absolute Gasteiger partial charge is 0.494 e. The minimum Gasteiger partial charge on any atom is -0.494 e. The summed E-state index contributed by atoms with van der Waals surface area (Å²) in [4.78, 5) is 14.5. The van der Waals surface area contributed by atoms with E-state index in [9.17, 15) is 17.6 Å². The molecule has 0 saturated heterocycles. The summed E-state index contributed by atoms with van der Waals surface area (Å²) in [6.45, 7) is 4.91. The Morgan fingerprint density at radius 2 is 1.69 bits per heavy atom. The monoisotopic (exact) mass is 456 g/mol. The Kier molecular flexibility index (Phi) is 7.48. The fraction of sp³-hybridized carbons (Fsp3) is 0.208. The number of rotatable bonds is 9. The third-order valence-electron chi connectivity index (χ3n) is 4.76. The van der Waals surface area contributed by atoms with Crippen molar-refractivity contribution in [2.24, 2.45) is 0 Å². The molecule has 168 valence electrons. The van der Waals surface area contributed by atoms with Crippen molar-refractivity contribution in [3.63, 3.8) is 0 Å². The molecule has 3 rings (SSSR count). The van der Waals surface area contributed by atoms with Gasteiger partial charge >= 0.3 is 0 Å². The lowest BCUT2D eigenvalue weighted by molar-refractivity contribution is 0.0752. The zero-order chi connectivity index (χ0) is 23.1. The first-order valence-corrected chi connectivity index (χ1v) is 11.7. The molecule has 3 aromatic carbocycles. The summed E-state index contributed by atoms with van der Waals surface area (Å²) >= 11 is 0. The SMILES string of the molecule is CCOc1ccc(S(=O)(=O)Nc2ccc(C(=O)N(CC)Cc3cccc(F)c3)cc2)cc1. The number of sulfonamides is 1. The maximum Gasteiger partial charge on any atom is 0.261 e. The number of nitrogens with zero attached hydrogens (tertiary/aromatic N) is 1. The van der Waals surface area contributed by atoms with Crippen molar-refractivity contribution >= 4 is 21.6 Å². The molecule has 0 unspecified atom stereocenters. The molecule has 1 N–H and O–H groups in total. The summed E-state index contributed by atoms with van der Waals surface area (Å²) in [5.41, 5.74) is 1.44. The van der Waals surface area contributed by atoms with E-state index in [1.807, 2.05) is 13.8 Å². The van der Waals surface area contributed by atoms with Crippen molar-refractivity contribution < 1.29 is 22.3 Å². The number of carbonyl (C=O) groups is 1. The molecule has 6 nitrogen and oxygen atoms in total. The molecule has 0 fully saturated rings. The third-order valence-corrected chi connectivity index (χ3v) is 6.16. The molecule has 0 aliphatic heterocycles. The standard InChI is InChI=1S/C24H25FN2O4S/c1-3-27(17-18-6-5-7-20(25)16-18)24(28)19-8-10-21(11-9-19)26-32(29,30)23-14-12-22(13-15-23)31-4-2/h5-16,26H,3-4,17H2,1-2H3. The number of nitrogens with one attached hydrogen (secondary N) is 1. The van der Waals surface area contributed by atoms with Crippen molar-refractivity contribution in [3.05, 3.63) is 89.7 Å². The van der Waals surface area contributed by atoms with Crippen LogP contribution in [0.15, 0.2) is 77.7 Å². The van der Waals surface area contributed by atoms with Crippen molar-refractivity contribution in [1.82, 2.24) is 4.90 Å². The van der Waals surface area contributed by atoms with Crippen LogP contribution >= 0.6 is 0 Å². The van der Waals surface area contributed by atoms with Crippen LogP contribution in [0.2, 0.25) is 0 Å². The fourth-order valence-corrected chi connectivity index (χ4v) is 4.20. The number of anilines is 1. The van der Waals surface area contributed by atoms with Gasteiger partial charge in [0.15, 0.2) is 0 Å². The molecule has 3 aromatic rings. The van der Waals surface area contributed by atoms with E-state index in [2.05, 4.69) is 4.72 Å². The molecular weight excluding hydrogens is 431 g/mol. The van der Waals surface area contributed by atoms with Gasteiger partial charge in [-0.2, -0.15) is 0 Å². The Labute approximate surface area is 187 Å². The quantitative estimate of drug-likeness (QED) is 0.507. The van der Waals surface area contributed by atoms with Gasteiger partial charge in [0.1, 0.15) is 11.6 Å². The minimum atomic E-state index is -3.78. The Hall–Kier alpha value is -3.39. The third kappa shape index (κ3) is 5.85. The van der Waals surface area contributed by atoms with E-state index >= 15 is 0 Å². The predicted molar refractivity (Wildman–Crippen MR) is 122 cm³/mol. The fourth-order valence-electron chi connectivity index (χ4n) is 3.14. The molecular formula is C24H25FN2O4S. The number of carbonyl (C=O) groups excluding carboxylic acids is 1. The van der Waals surface area contributed by atoms with Crippen molar-refractivity contribution in [2.45, 2.75) is 25.3 Å². The number of halogens is 1. The Balaban J connectivity index is 1.69. The van der Waals surface area contributed by atoms with Crippen molar-refractivity contribution in [2.75, 3.05) is 17.9 Å². The van der Waals surface area contributed by atoms with E-state index in [0.29, 0.717) is 35.7 Å². The van der Waals surface area contributed by atoms with E-state index in [1.54, 1.807) is 41.3 Å². The highest BCUT2D eigenvalue weighted by Gasteiger charge is 2.17. The Bertz CT molecular complexity index is 1160. The molecule has 0 heterocycles. The van der Waals surface area contributed by atoms with Gasteiger partial charge in [0.25, 0.3) is 15.9 Å². The normalized spacial score (nSPS) is 11.1. The van der Waals surface area contributed by atoms with Crippen LogP contribution in [0.4, 0.5) is 10.1 Å². The number of hydrogen-bond donors (Lipinski definition) is 1. The van der Waals surface area contributed by atoms with Crippen LogP contribution in [-0.2, 0) is 16.6 Å². The van der Waals surface area contributed by atoms with Gasteiger partial charge in [0, 0.05) is 24.3 Å². The van der Waals surface area contributed by atoms with E-state index in [1.165, 1.54) is 36.4 Å². The van der Waals surface area contributed by atoms with Crippen LogP contribution in [0.5, 0.6) is 5.75 Å². The van der Waals surface area contributed by atoms with E-state index in [0.717, 1.165) is 0 Å². The van der Waals surface area contributed by atoms with E-state index < -0.39 is 10.0 Å². The van der Waals surface area contributed by atoms with Crippen molar-refractivity contribution in [3.8, 4) is 5.75 Å². The maximum atomic E-state index is 13.4. The molecule has 32 heavy (non-hydrogen) atoms. The highest BCUT2D eigenvalue weighted by molar-refractivity contribution is 7.92. The highest BCUT2D eigenvalue weighted by atomic mass is 32.2. The zero-order valence-corrected chi connectivity index (χ0v) is 18.7. The molecule has 1 amide bonds. The van der Waals surface area contributed by atoms with Gasteiger partial charge < -0.3 is 9.64 Å². The van der Waals surface area contributed by atoms with Crippen molar-refractivity contribution in [1.29, 1.82) is 0 Å². The van der Waals surface area contributed by atoms with Gasteiger partial charge in [0.2, 0.25) is 0 Å². The number of hydrogen-bond acceptors (Lipinski definition) is 4. The van der Waals surface area contributed by atoms with Gasteiger partial charge in [-0.1, -0.05) is 12.1 Å². The average molecular weight is 457 g/mol. The Morgan fingerprint density at radius 1 is 1.00 bits per heavy atom. The van der Waals surface area contributed by atoms with Crippen LogP contribution in [0.1, 0.15) is 29.8 Å². The number of ether oxygens (including phenoxy) is 1. The lowest BCUT2D eigenvalue weighted by atomic mass is 10.1. The first kappa shape index (κ1) is 23.3. The molecule has 0 aromatic heterocycles. The minimum absolute atomic E-state index is 0.105. The second kappa shape index (κ2) is 10.3. The topological polar surface area (TPSA) is 75.7 Å². The molecule has 0 saturated carbocycles. The lowest BCUT2D eigenvalue weighted by Crippen LogP contribution is -2.30. The van der Waals surface area contributed by atoms with Gasteiger partial charge in [0.05, 0.1) is 11.5 Å². The molecule has 0 bridgehead atoms. The maximum absolute atomic E-state index is 13.4. The molecule has 0 atom stereocenters. The summed E-state index contributed by atoms with van der Waals surface area (Å²) < 4.78 is 46.5. The second-order valence-corrected chi connectivity index (χ2v) is 8.72. The predicted octanol–water partition coefficient (Wildman–Crippen LogP) is 4.69. The molecule has 8 heteroatoms.